The van der Waals surface area contributed by atoms with E-state index >= 15 is 0 Å². The second kappa shape index (κ2) is 3.32. The topological polar surface area (TPSA) is 41.0 Å². The molecule has 2 heterocycles. The smallest absolute Gasteiger partial charge is 0.147 e. The number of hydrogen-bond donors (Lipinski definition) is 1. The van der Waals surface area contributed by atoms with Crippen LogP contribution in [0.15, 0.2) is 34.8 Å². The summed E-state index contributed by atoms with van der Waals surface area (Å²) in [5.74, 6) is 0.781. The summed E-state index contributed by atoms with van der Waals surface area (Å²) in [6.45, 7) is 0. The van der Waals surface area contributed by atoms with Crippen molar-refractivity contribution in [3.8, 4) is 0 Å². The molecule has 60 valence electrons. The van der Waals surface area contributed by atoms with E-state index in [4.69, 9.17) is 0 Å². The monoisotopic (exact) mass is 177 g/mol. The van der Waals surface area contributed by atoms with Gasteiger partial charge in [-0.05, 0) is 11.4 Å². The molecular weight excluding hydrogens is 170 g/mol. The number of thiophene rings is 1. The summed E-state index contributed by atoms with van der Waals surface area (Å²) in [5, 5.41) is 8.57. The Kier molecular flexibility index (Phi) is 2.00. The first-order valence-corrected chi connectivity index (χ1v) is 4.40. The third kappa shape index (κ3) is 1.60. The lowest BCUT2D eigenvalue weighted by Crippen LogP contribution is -1.71. The molecule has 0 amide bonds. The molecule has 0 aliphatic heterocycles. The molecule has 0 bridgehead atoms. The molecular formula is C8H7N3S. The first-order chi connectivity index (χ1) is 5.95. The molecule has 0 aliphatic rings. The summed E-state index contributed by atoms with van der Waals surface area (Å²) >= 11 is 1.66. The van der Waals surface area contributed by atoms with E-state index in [0.29, 0.717) is 0 Å². The van der Waals surface area contributed by atoms with E-state index in [2.05, 4.69) is 15.2 Å². The van der Waals surface area contributed by atoms with E-state index in [1.165, 1.54) is 0 Å². The van der Waals surface area contributed by atoms with E-state index in [-0.39, 0.29) is 0 Å². The summed E-state index contributed by atoms with van der Waals surface area (Å²) in [5.41, 5.74) is 0. The predicted octanol–water partition coefficient (Wildman–Crippen LogP) is 2.22. The maximum atomic E-state index is 4.18. The number of aliphatic imine (C=N–C) groups is 1. The first kappa shape index (κ1) is 7.24. The molecule has 0 unspecified atom stereocenters. The van der Waals surface area contributed by atoms with E-state index in [9.17, 15) is 0 Å². The van der Waals surface area contributed by atoms with Crippen LogP contribution in [0.3, 0.4) is 0 Å². The maximum absolute atomic E-state index is 4.18. The van der Waals surface area contributed by atoms with Gasteiger partial charge < -0.3 is 0 Å². The van der Waals surface area contributed by atoms with Crippen LogP contribution in [-0.4, -0.2) is 16.4 Å². The van der Waals surface area contributed by atoms with Crippen LogP contribution in [-0.2, 0) is 0 Å². The average Bonchev–Trinajstić information content (AvgIpc) is 2.74. The van der Waals surface area contributed by atoms with Gasteiger partial charge in [0.2, 0.25) is 0 Å². The van der Waals surface area contributed by atoms with Gasteiger partial charge in [0.05, 0.1) is 6.20 Å². The lowest BCUT2D eigenvalue weighted by Gasteiger charge is -1.82. The van der Waals surface area contributed by atoms with Crippen molar-refractivity contribution in [2.24, 2.45) is 4.99 Å². The van der Waals surface area contributed by atoms with Crippen molar-refractivity contribution in [2.75, 3.05) is 0 Å². The zero-order valence-electron chi connectivity index (χ0n) is 6.27. The Balaban J connectivity index is 2.14. The summed E-state index contributed by atoms with van der Waals surface area (Å²) in [6, 6.07) is 5.84. The van der Waals surface area contributed by atoms with Gasteiger partial charge in [0, 0.05) is 17.2 Å². The van der Waals surface area contributed by atoms with Crippen molar-refractivity contribution >= 4 is 23.4 Å². The Hall–Kier alpha value is -1.42. The fourth-order valence-electron chi connectivity index (χ4n) is 0.818. The van der Waals surface area contributed by atoms with E-state index in [1.807, 2.05) is 29.8 Å². The van der Waals surface area contributed by atoms with Gasteiger partial charge >= 0.3 is 0 Å². The standard InChI is InChI=1S/C8H7N3S/c1-2-7(12-5-1)6-9-8-3-4-10-11-8/h1-6H,(H,10,11)/b9-6+. The Bertz CT molecular complexity index is 311. The molecule has 0 atom stereocenters. The van der Waals surface area contributed by atoms with Gasteiger partial charge in [0.15, 0.2) is 0 Å². The van der Waals surface area contributed by atoms with Gasteiger partial charge in [-0.15, -0.1) is 11.3 Å². The van der Waals surface area contributed by atoms with Gasteiger partial charge in [-0.25, -0.2) is 4.99 Å². The van der Waals surface area contributed by atoms with Crippen LogP contribution in [0.4, 0.5) is 5.82 Å². The molecule has 0 saturated carbocycles. The summed E-state index contributed by atoms with van der Waals surface area (Å²) in [7, 11) is 0. The molecule has 0 fully saturated rings. The highest BCUT2D eigenvalue weighted by Crippen LogP contribution is 2.08. The number of rotatable bonds is 2. The first-order valence-electron chi connectivity index (χ1n) is 3.52. The van der Waals surface area contributed by atoms with Crippen LogP contribution in [0.1, 0.15) is 4.88 Å². The largest absolute Gasteiger partial charge is 0.261 e. The predicted molar refractivity (Wildman–Crippen MR) is 50.2 cm³/mol. The number of aromatic amines is 1. The van der Waals surface area contributed by atoms with E-state index in [0.717, 1.165) is 10.7 Å². The molecule has 4 heteroatoms. The molecule has 0 saturated heterocycles. The molecule has 0 aliphatic carbocycles. The molecule has 12 heavy (non-hydrogen) atoms. The second-order valence-corrected chi connectivity index (χ2v) is 3.19. The van der Waals surface area contributed by atoms with Crippen LogP contribution < -0.4 is 0 Å². The molecule has 1 N–H and O–H groups in total. The van der Waals surface area contributed by atoms with E-state index in [1.54, 1.807) is 17.5 Å². The maximum Gasteiger partial charge on any atom is 0.147 e. The van der Waals surface area contributed by atoms with Crippen LogP contribution in [0.25, 0.3) is 0 Å². The zero-order chi connectivity index (χ0) is 8.23. The fraction of sp³-hybridized carbons (Fsp3) is 0. The Morgan fingerprint density at radius 1 is 1.50 bits per heavy atom. The lowest BCUT2D eigenvalue weighted by molar-refractivity contribution is 1.08. The molecule has 0 aromatic carbocycles. The average molecular weight is 177 g/mol. The SMILES string of the molecule is C(=N\c1ccn[nH]1)/c1cccs1. The Morgan fingerprint density at radius 2 is 2.50 bits per heavy atom. The van der Waals surface area contributed by atoms with Crippen molar-refractivity contribution in [3.05, 3.63) is 34.7 Å². The molecule has 2 aromatic rings. The van der Waals surface area contributed by atoms with E-state index < -0.39 is 0 Å². The molecule has 2 aromatic heterocycles. The Labute approximate surface area is 73.8 Å². The van der Waals surface area contributed by atoms with Crippen molar-refractivity contribution in [1.29, 1.82) is 0 Å². The minimum absolute atomic E-state index is 0.781. The van der Waals surface area contributed by atoms with Gasteiger partial charge in [-0.3, -0.25) is 5.10 Å². The van der Waals surface area contributed by atoms with Crippen molar-refractivity contribution < 1.29 is 0 Å². The number of nitrogens with one attached hydrogen (secondary N) is 1. The number of aromatic nitrogens is 2. The molecule has 0 radical (unpaired) electrons. The van der Waals surface area contributed by atoms with Crippen molar-refractivity contribution in [3.63, 3.8) is 0 Å². The van der Waals surface area contributed by atoms with Crippen LogP contribution in [0.2, 0.25) is 0 Å². The summed E-state index contributed by atoms with van der Waals surface area (Å²) in [6.07, 6.45) is 3.50. The highest BCUT2D eigenvalue weighted by Gasteiger charge is 1.88. The molecule has 0 spiro atoms. The fourth-order valence-corrected chi connectivity index (χ4v) is 1.40. The van der Waals surface area contributed by atoms with Crippen molar-refractivity contribution in [1.82, 2.24) is 10.2 Å². The minimum atomic E-state index is 0.781. The van der Waals surface area contributed by atoms with Crippen LogP contribution in [0, 0.1) is 0 Å². The second-order valence-electron chi connectivity index (χ2n) is 2.22. The molecule has 3 nitrogen and oxygen atoms in total. The van der Waals surface area contributed by atoms with Gasteiger partial charge in [-0.2, -0.15) is 5.10 Å². The zero-order valence-corrected chi connectivity index (χ0v) is 7.08. The van der Waals surface area contributed by atoms with Gasteiger partial charge in [0.25, 0.3) is 0 Å². The molecule has 2 rings (SSSR count). The third-order valence-electron chi connectivity index (χ3n) is 1.36. The highest BCUT2D eigenvalue weighted by molar-refractivity contribution is 7.11. The Morgan fingerprint density at radius 3 is 3.17 bits per heavy atom. The number of nitrogens with zero attached hydrogens (tertiary/aromatic N) is 2. The van der Waals surface area contributed by atoms with Crippen LogP contribution in [0.5, 0.6) is 0 Å². The van der Waals surface area contributed by atoms with Gasteiger partial charge in [0.1, 0.15) is 5.82 Å². The van der Waals surface area contributed by atoms with Gasteiger partial charge in [-0.1, -0.05) is 6.07 Å². The third-order valence-corrected chi connectivity index (χ3v) is 2.17. The summed E-state index contributed by atoms with van der Waals surface area (Å²) < 4.78 is 0. The highest BCUT2D eigenvalue weighted by atomic mass is 32.1. The minimum Gasteiger partial charge on any atom is -0.261 e. The normalized spacial score (nSPS) is 11.0. The number of H-pyrrole nitrogens is 1. The van der Waals surface area contributed by atoms with Crippen LogP contribution >= 0.6 is 11.3 Å². The quantitative estimate of drug-likeness (QED) is 0.702. The van der Waals surface area contributed by atoms with Crippen molar-refractivity contribution in [2.45, 2.75) is 0 Å². The summed E-state index contributed by atoms with van der Waals surface area (Å²) in [4.78, 5) is 5.32. The number of hydrogen-bond acceptors (Lipinski definition) is 3. The lowest BCUT2D eigenvalue weighted by atomic mass is 10.5.